The van der Waals surface area contributed by atoms with Crippen molar-refractivity contribution in [1.82, 2.24) is 30.1 Å². The zero-order valence-corrected chi connectivity index (χ0v) is 21.0. The lowest BCUT2D eigenvalue weighted by molar-refractivity contribution is 0.114. The van der Waals surface area contributed by atoms with Crippen molar-refractivity contribution in [3.63, 3.8) is 0 Å². The summed E-state index contributed by atoms with van der Waals surface area (Å²) in [4.78, 5) is 18.6. The first kappa shape index (κ1) is 23.5. The molecule has 1 fully saturated rings. The zero-order valence-electron chi connectivity index (χ0n) is 21.0. The largest absolute Gasteiger partial charge is 0.468 e. The summed E-state index contributed by atoms with van der Waals surface area (Å²) in [6.07, 6.45) is 6.30. The summed E-state index contributed by atoms with van der Waals surface area (Å²) in [6.45, 7) is 9.50. The molecule has 4 aromatic rings. The van der Waals surface area contributed by atoms with Gasteiger partial charge in [-0.25, -0.2) is 4.68 Å². The van der Waals surface area contributed by atoms with Gasteiger partial charge < -0.3 is 9.40 Å². The predicted octanol–water partition coefficient (Wildman–Crippen LogP) is 5.24. The number of furan rings is 1. The van der Waals surface area contributed by atoms with Gasteiger partial charge in [0, 0.05) is 12.1 Å². The minimum absolute atomic E-state index is 0.0632. The van der Waals surface area contributed by atoms with Gasteiger partial charge in [0.05, 0.1) is 30.4 Å². The van der Waals surface area contributed by atoms with Crippen LogP contribution in [0.1, 0.15) is 79.9 Å². The van der Waals surface area contributed by atoms with Crippen molar-refractivity contribution < 1.29 is 4.42 Å². The Hall–Kier alpha value is -3.26. The van der Waals surface area contributed by atoms with Gasteiger partial charge >= 0.3 is 0 Å². The van der Waals surface area contributed by atoms with Crippen molar-refractivity contribution in [2.24, 2.45) is 5.92 Å². The second-order valence-corrected chi connectivity index (χ2v) is 10.3. The SMILES string of the molecule is Cc1cc(C)c2[nH]c(=O)c(CN(Cc3ccco3)C(c3nnnn3C3CCCC3)C(C)C)cc2c1. The van der Waals surface area contributed by atoms with Crippen molar-refractivity contribution in [2.75, 3.05) is 0 Å². The lowest BCUT2D eigenvalue weighted by Crippen LogP contribution is -2.35. The molecule has 35 heavy (non-hydrogen) atoms. The quantitative estimate of drug-likeness (QED) is 0.375. The van der Waals surface area contributed by atoms with Gasteiger partial charge in [-0.3, -0.25) is 9.69 Å². The molecule has 3 heterocycles. The molecule has 0 amide bonds. The number of hydrogen-bond acceptors (Lipinski definition) is 6. The highest BCUT2D eigenvalue weighted by Gasteiger charge is 2.33. The van der Waals surface area contributed by atoms with E-state index in [0.717, 1.165) is 46.5 Å². The summed E-state index contributed by atoms with van der Waals surface area (Å²) >= 11 is 0. The van der Waals surface area contributed by atoms with Crippen molar-refractivity contribution in [3.05, 3.63) is 75.2 Å². The Labute approximate surface area is 205 Å². The van der Waals surface area contributed by atoms with E-state index in [0.29, 0.717) is 19.1 Å². The number of rotatable bonds is 8. The van der Waals surface area contributed by atoms with Gasteiger partial charge in [0.1, 0.15) is 5.76 Å². The molecule has 5 rings (SSSR count). The smallest absolute Gasteiger partial charge is 0.252 e. The van der Waals surface area contributed by atoms with Gasteiger partial charge in [-0.05, 0) is 78.2 Å². The molecular weight excluding hydrogens is 440 g/mol. The zero-order chi connectivity index (χ0) is 24.5. The van der Waals surface area contributed by atoms with E-state index in [1.54, 1.807) is 6.26 Å². The molecule has 1 aliphatic rings. The van der Waals surface area contributed by atoms with Crippen LogP contribution in [-0.4, -0.2) is 30.1 Å². The lowest BCUT2D eigenvalue weighted by Gasteiger charge is -2.33. The molecule has 1 aliphatic carbocycles. The number of aryl methyl sites for hydroxylation is 2. The van der Waals surface area contributed by atoms with Crippen molar-refractivity contribution in [3.8, 4) is 0 Å². The third-order valence-electron chi connectivity index (χ3n) is 7.16. The number of H-pyrrole nitrogens is 1. The number of nitrogens with one attached hydrogen (secondary N) is 1. The number of aromatic nitrogens is 5. The molecule has 3 aromatic heterocycles. The van der Waals surface area contributed by atoms with Gasteiger partial charge in [-0.1, -0.05) is 38.3 Å². The molecule has 1 saturated carbocycles. The van der Waals surface area contributed by atoms with E-state index in [-0.39, 0.29) is 17.5 Å². The maximum Gasteiger partial charge on any atom is 0.252 e. The van der Waals surface area contributed by atoms with Crippen LogP contribution in [0.15, 0.2) is 45.8 Å². The number of aromatic amines is 1. The first-order valence-corrected chi connectivity index (χ1v) is 12.6. The molecular formula is C27H34N6O2. The third kappa shape index (κ3) is 4.80. The monoisotopic (exact) mass is 474 g/mol. The molecule has 184 valence electrons. The molecule has 0 bridgehead atoms. The van der Waals surface area contributed by atoms with Gasteiger partial charge in [0.25, 0.3) is 5.56 Å². The number of pyridine rings is 1. The van der Waals surface area contributed by atoms with Crippen LogP contribution in [0.4, 0.5) is 0 Å². The average molecular weight is 475 g/mol. The highest BCUT2D eigenvalue weighted by atomic mass is 16.3. The molecule has 8 heteroatoms. The number of benzene rings is 1. The number of nitrogens with zero attached hydrogens (tertiary/aromatic N) is 5. The third-order valence-corrected chi connectivity index (χ3v) is 7.16. The fourth-order valence-corrected chi connectivity index (χ4v) is 5.61. The second kappa shape index (κ2) is 9.77. The van der Waals surface area contributed by atoms with E-state index in [4.69, 9.17) is 4.42 Å². The van der Waals surface area contributed by atoms with Gasteiger partial charge in [-0.15, -0.1) is 5.10 Å². The summed E-state index contributed by atoms with van der Waals surface area (Å²) in [6, 6.07) is 10.4. The van der Waals surface area contributed by atoms with E-state index >= 15 is 0 Å². The van der Waals surface area contributed by atoms with Crippen molar-refractivity contribution >= 4 is 10.9 Å². The summed E-state index contributed by atoms with van der Waals surface area (Å²) in [5.74, 6) is 1.93. The normalized spacial score (nSPS) is 15.6. The molecule has 0 spiro atoms. The average Bonchev–Trinajstić information content (AvgIpc) is 3.57. The van der Waals surface area contributed by atoms with Crippen LogP contribution in [0.3, 0.4) is 0 Å². The molecule has 1 N–H and O–H groups in total. The summed E-state index contributed by atoms with van der Waals surface area (Å²) in [5.41, 5.74) is 3.81. The molecule has 8 nitrogen and oxygen atoms in total. The summed E-state index contributed by atoms with van der Waals surface area (Å²) in [7, 11) is 0. The number of tetrazole rings is 1. The van der Waals surface area contributed by atoms with Crippen LogP contribution in [0, 0.1) is 19.8 Å². The minimum atomic E-state index is -0.0787. The van der Waals surface area contributed by atoms with Gasteiger partial charge in [-0.2, -0.15) is 0 Å². The Morgan fingerprint density at radius 2 is 1.97 bits per heavy atom. The van der Waals surface area contributed by atoms with Gasteiger partial charge in [0.2, 0.25) is 0 Å². The molecule has 1 aromatic carbocycles. The van der Waals surface area contributed by atoms with E-state index < -0.39 is 0 Å². The van der Waals surface area contributed by atoms with E-state index in [9.17, 15) is 4.79 Å². The predicted molar refractivity (Wildman–Crippen MR) is 135 cm³/mol. The summed E-state index contributed by atoms with van der Waals surface area (Å²) in [5, 5.41) is 14.0. The topological polar surface area (TPSA) is 92.8 Å². The number of hydrogen-bond donors (Lipinski definition) is 1. The molecule has 0 aliphatic heterocycles. The van der Waals surface area contributed by atoms with Crippen LogP contribution < -0.4 is 5.56 Å². The van der Waals surface area contributed by atoms with E-state index in [2.05, 4.69) is 58.3 Å². The standard InChI is InChI=1S/C27H34N6O2/c1-17(2)25(26-29-30-31-33(26)22-8-5-6-9-22)32(16-23-10-7-11-35-23)15-21-14-20-13-18(3)12-19(4)24(20)28-27(21)34/h7,10-14,17,22,25H,5-6,8-9,15-16H2,1-4H3,(H,28,34). The maximum absolute atomic E-state index is 13.2. The van der Waals surface area contributed by atoms with Crippen LogP contribution in [-0.2, 0) is 13.1 Å². The van der Waals surface area contributed by atoms with Crippen LogP contribution >= 0.6 is 0 Å². The fourth-order valence-electron chi connectivity index (χ4n) is 5.61. The minimum Gasteiger partial charge on any atom is -0.468 e. The molecule has 1 unspecified atom stereocenters. The number of fused-ring (bicyclic) bond motifs is 1. The molecule has 0 radical (unpaired) electrons. The maximum atomic E-state index is 13.2. The molecule has 0 saturated heterocycles. The van der Waals surface area contributed by atoms with Crippen molar-refractivity contribution in [1.29, 1.82) is 0 Å². The van der Waals surface area contributed by atoms with Crippen molar-refractivity contribution in [2.45, 2.75) is 78.6 Å². The molecule has 1 atom stereocenters. The Kier molecular flexibility index (Phi) is 6.56. The van der Waals surface area contributed by atoms with E-state index in [1.165, 1.54) is 18.4 Å². The first-order chi connectivity index (χ1) is 16.9. The highest BCUT2D eigenvalue weighted by molar-refractivity contribution is 5.82. The van der Waals surface area contributed by atoms with Crippen LogP contribution in [0.5, 0.6) is 0 Å². The van der Waals surface area contributed by atoms with E-state index in [1.807, 2.05) is 29.8 Å². The fraction of sp³-hybridized carbons (Fsp3) is 0.481. The van der Waals surface area contributed by atoms with Crippen LogP contribution in [0.2, 0.25) is 0 Å². The Bertz CT molecular complexity index is 1350. The highest BCUT2D eigenvalue weighted by Crippen LogP contribution is 2.35. The Morgan fingerprint density at radius 3 is 2.69 bits per heavy atom. The Balaban J connectivity index is 1.56. The summed E-state index contributed by atoms with van der Waals surface area (Å²) < 4.78 is 7.76. The first-order valence-electron chi connectivity index (χ1n) is 12.6. The lowest BCUT2D eigenvalue weighted by atomic mass is 9.99. The Morgan fingerprint density at radius 1 is 1.17 bits per heavy atom. The van der Waals surface area contributed by atoms with Gasteiger partial charge in [0.15, 0.2) is 5.82 Å². The second-order valence-electron chi connectivity index (χ2n) is 10.3. The van der Waals surface area contributed by atoms with Crippen LogP contribution in [0.25, 0.3) is 10.9 Å².